The summed E-state index contributed by atoms with van der Waals surface area (Å²) in [4.78, 5) is 0. The zero-order valence-corrected chi connectivity index (χ0v) is 20.6. The van der Waals surface area contributed by atoms with Crippen LogP contribution in [0.3, 0.4) is 0 Å². The van der Waals surface area contributed by atoms with Crippen LogP contribution in [-0.4, -0.2) is 10.2 Å². The van der Waals surface area contributed by atoms with Gasteiger partial charge in [0.05, 0.1) is 0 Å². The highest BCUT2D eigenvalue weighted by Crippen LogP contribution is 2.42. The summed E-state index contributed by atoms with van der Waals surface area (Å²) in [6, 6.07) is 14.6. The van der Waals surface area contributed by atoms with Gasteiger partial charge in [-0.1, -0.05) is 105 Å². The van der Waals surface area contributed by atoms with E-state index in [1.165, 1.54) is 11.1 Å². The van der Waals surface area contributed by atoms with E-state index in [2.05, 4.69) is 86.6 Å². The largest absolute Gasteiger partial charge is 0.507 e. The van der Waals surface area contributed by atoms with E-state index >= 15 is 0 Å². The third kappa shape index (κ3) is 4.59. The van der Waals surface area contributed by atoms with Gasteiger partial charge in [0, 0.05) is 10.9 Å². The molecule has 0 spiro atoms. The number of hydrogen-bond acceptors (Lipinski definition) is 2. The van der Waals surface area contributed by atoms with Crippen molar-refractivity contribution in [1.82, 2.24) is 0 Å². The van der Waals surface area contributed by atoms with E-state index in [-0.39, 0.29) is 16.2 Å². The first-order chi connectivity index (χ1) is 14.1. The van der Waals surface area contributed by atoms with Crippen molar-refractivity contribution in [2.24, 2.45) is 0 Å². The number of hydrogen-bond donors (Lipinski definition) is 2. The van der Waals surface area contributed by atoms with Gasteiger partial charge in [0.15, 0.2) is 0 Å². The number of phenols is 2. The second-order valence-electron chi connectivity index (χ2n) is 11.9. The fraction of sp³-hybridized carbons (Fsp3) is 0.448. The van der Waals surface area contributed by atoms with Crippen molar-refractivity contribution in [3.05, 3.63) is 70.3 Å². The molecule has 0 aliphatic rings. The van der Waals surface area contributed by atoms with Crippen molar-refractivity contribution < 1.29 is 10.2 Å². The number of benzene rings is 3. The summed E-state index contributed by atoms with van der Waals surface area (Å²) < 4.78 is 0. The van der Waals surface area contributed by atoms with Crippen LogP contribution in [0.1, 0.15) is 90.1 Å². The molecule has 31 heavy (non-hydrogen) atoms. The first-order valence-corrected chi connectivity index (χ1v) is 11.2. The minimum Gasteiger partial charge on any atom is -0.507 e. The molecule has 2 N–H and O–H groups in total. The molecule has 2 heteroatoms. The molecule has 0 amide bonds. The molecule has 3 rings (SSSR count). The maximum Gasteiger partial charge on any atom is 0.127 e. The smallest absolute Gasteiger partial charge is 0.127 e. The molecule has 0 heterocycles. The van der Waals surface area contributed by atoms with E-state index in [1.807, 2.05) is 18.2 Å². The maximum atomic E-state index is 11.1. The Kier molecular flexibility index (Phi) is 5.67. The molecular weight excluding hydrogens is 380 g/mol. The summed E-state index contributed by atoms with van der Waals surface area (Å²) >= 11 is 0. The average molecular weight is 419 g/mol. The Bertz CT molecular complexity index is 1080. The maximum absolute atomic E-state index is 11.1. The monoisotopic (exact) mass is 418 g/mol. The minimum atomic E-state index is -0.162. The molecule has 0 aromatic heterocycles. The highest BCUT2D eigenvalue weighted by Gasteiger charge is 2.27. The summed E-state index contributed by atoms with van der Waals surface area (Å²) in [6.45, 7) is 19.3. The molecule has 0 aliphatic carbocycles. The minimum absolute atomic E-state index is 0.159. The zero-order chi connectivity index (χ0) is 23.4. The van der Waals surface area contributed by atoms with Crippen molar-refractivity contribution in [2.75, 3.05) is 0 Å². The van der Waals surface area contributed by atoms with Crippen LogP contribution in [0.2, 0.25) is 0 Å². The molecule has 0 radical (unpaired) electrons. The third-order valence-electron chi connectivity index (χ3n) is 6.09. The summed E-state index contributed by atoms with van der Waals surface area (Å²) in [5.74, 6) is 0.790. The van der Waals surface area contributed by atoms with E-state index in [4.69, 9.17) is 0 Å². The quantitative estimate of drug-likeness (QED) is 0.447. The zero-order valence-electron chi connectivity index (χ0n) is 20.6. The highest BCUT2D eigenvalue weighted by atomic mass is 16.3. The van der Waals surface area contributed by atoms with Crippen molar-refractivity contribution >= 4 is 10.8 Å². The van der Waals surface area contributed by atoms with Gasteiger partial charge < -0.3 is 10.2 Å². The Morgan fingerprint density at radius 1 is 0.581 bits per heavy atom. The fourth-order valence-electron chi connectivity index (χ4n) is 4.31. The molecule has 0 aliphatic heterocycles. The second-order valence-corrected chi connectivity index (χ2v) is 11.9. The molecule has 0 saturated heterocycles. The predicted octanol–water partition coefficient (Wildman–Crippen LogP) is 7.73. The standard InChI is InChI=1S/C29H38O2/c1-27(2,3)22-15-18(16-23(26(22)31)28(4,5)6)14-19-17-24(29(7,8)9)25(30)21-13-11-10-12-20(19)21/h10-13,15-17,30-31H,14H2,1-9H3. The Labute approximate surface area is 188 Å². The van der Waals surface area contributed by atoms with Gasteiger partial charge in [-0.2, -0.15) is 0 Å². The molecule has 0 bridgehead atoms. The van der Waals surface area contributed by atoms with E-state index in [1.54, 1.807) is 0 Å². The summed E-state index contributed by atoms with van der Waals surface area (Å²) in [7, 11) is 0. The van der Waals surface area contributed by atoms with Gasteiger partial charge in [0.1, 0.15) is 11.5 Å². The summed E-state index contributed by atoms with van der Waals surface area (Å²) in [5.41, 5.74) is 4.83. The molecule has 3 aromatic carbocycles. The van der Waals surface area contributed by atoms with Crippen LogP contribution >= 0.6 is 0 Å². The number of phenolic OH excluding ortho intramolecular Hbond substituents is 2. The first-order valence-electron chi connectivity index (χ1n) is 11.2. The van der Waals surface area contributed by atoms with Crippen LogP contribution in [0.5, 0.6) is 11.5 Å². The Morgan fingerprint density at radius 3 is 1.45 bits per heavy atom. The van der Waals surface area contributed by atoms with E-state index in [0.29, 0.717) is 11.5 Å². The predicted molar refractivity (Wildman–Crippen MR) is 133 cm³/mol. The van der Waals surface area contributed by atoms with Crippen molar-refractivity contribution in [3.63, 3.8) is 0 Å². The lowest BCUT2D eigenvalue weighted by atomic mass is 9.77. The van der Waals surface area contributed by atoms with Gasteiger partial charge >= 0.3 is 0 Å². The van der Waals surface area contributed by atoms with Gasteiger partial charge in [-0.15, -0.1) is 0 Å². The van der Waals surface area contributed by atoms with Crippen LogP contribution in [0.4, 0.5) is 0 Å². The first kappa shape index (κ1) is 23.2. The molecular formula is C29H38O2. The average Bonchev–Trinajstić information content (AvgIpc) is 2.62. The lowest BCUT2D eigenvalue weighted by Gasteiger charge is -2.28. The number of fused-ring (bicyclic) bond motifs is 1. The molecule has 0 atom stereocenters. The molecule has 0 fully saturated rings. The van der Waals surface area contributed by atoms with Gasteiger partial charge in [-0.05, 0) is 50.3 Å². The third-order valence-corrected chi connectivity index (χ3v) is 6.09. The van der Waals surface area contributed by atoms with Gasteiger partial charge in [0.2, 0.25) is 0 Å². The van der Waals surface area contributed by atoms with Gasteiger partial charge in [-0.3, -0.25) is 0 Å². The summed E-state index contributed by atoms with van der Waals surface area (Å²) in [5, 5.41) is 24.0. The summed E-state index contributed by atoms with van der Waals surface area (Å²) in [6.07, 6.45) is 0.746. The lowest BCUT2D eigenvalue weighted by Crippen LogP contribution is -2.18. The molecule has 3 aromatic rings. The normalized spacial score (nSPS) is 13.1. The fourth-order valence-corrected chi connectivity index (χ4v) is 4.31. The lowest BCUT2D eigenvalue weighted by molar-refractivity contribution is 0.423. The van der Waals surface area contributed by atoms with Gasteiger partial charge in [-0.25, -0.2) is 0 Å². The van der Waals surface area contributed by atoms with Gasteiger partial charge in [0.25, 0.3) is 0 Å². The Hall–Kier alpha value is -2.48. The Balaban J connectivity index is 2.27. The van der Waals surface area contributed by atoms with E-state index in [9.17, 15) is 10.2 Å². The van der Waals surface area contributed by atoms with Crippen molar-refractivity contribution in [1.29, 1.82) is 0 Å². The van der Waals surface area contributed by atoms with E-state index < -0.39 is 0 Å². The van der Waals surface area contributed by atoms with Crippen LogP contribution in [0.15, 0.2) is 42.5 Å². The molecule has 0 saturated carbocycles. The number of aromatic hydroxyl groups is 2. The topological polar surface area (TPSA) is 40.5 Å². The van der Waals surface area contributed by atoms with Crippen molar-refractivity contribution in [2.45, 2.75) is 85.0 Å². The van der Waals surface area contributed by atoms with Crippen molar-refractivity contribution in [3.8, 4) is 11.5 Å². The Morgan fingerprint density at radius 2 is 1.00 bits per heavy atom. The molecule has 166 valence electrons. The molecule has 0 unspecified atom stereocenters. The van der Waals surface area contributed by atoms with Crippen LogP contribution < -0.4 is 0 Å². The SMILES string of the molecule is CC(C)(C)c1cc(Cc2cc(C(C)(C)C)c(O)c3ccccc23)cc(C(C)(C)C)c1O. The van der Waals surface area contributed by atoms with Crippen LogP contribution in [-0.2, 0) is 22.7 Å². The number of rotatable bonds is 2. The second kappa shape index (κ2) is 7.58. The van der Waals surface area contributed by atoms with Crippen LogP contribution in [0, 0.1) is 0 Å². The van der Waals surface area contributed by atoms with E-state index in [0.717, 1.165) is 33.9 Å². The van der Waals surface area contributed by atoms with Crippen LogP contribution in [0.25, 0.3) is 10.8 Å². The highest BCUT2D eigenvalue weighted by molar-refractivity contribution is 5.92. The molecule has 2 nitrogen and oxygen atoms in total.